The Hall–Kier alpha value is -3.68. The van der Waals surface area contributed by atoms with Gasteiger partial charge in [-0.1, -0.05) is 30.3 Å². The SMILES string of the molecule is O=C1CCC(N2Cc3ccc(CCC(=O)N4CCC(Oc5ccccc5)C4)cc3C2=O)C(=O)N1. The number of nitrogens with one attached hydrogen (secondary N) is 1. The van der Waals surface area contributed by atoms with E-state index in [0.717, 1.165) is 23.3 Å². The summed E-state index contributed by atoms with van der Waals surface area (Å²) in [6, 6.07) is 14.7. The first-order valence-electron chi connectivity index (χ1n) is 11.7. The fraction of sp³-hybridized carbons (Fsp3) is 0.385. The maximum absolute atomic E-state index is 13.0. The fourth-order valence-electron chi connectivity index (χ4n) is 4.91. The van der Waals surface area contributed by atoms with Gasteiger partial charge in [-0.15, -0.1) is 0 Å². The zero-order valence-corrected chi connectivity index (χ0v) is 18.9. The molecule has 3 aliphatic rings. The molecule has 2 atom stereocenters. The zero-order chi connectivity index (χ0) is 23.7. The molecule has 2 saturated heterocycles. The minimum absolute atomic E-state index is 0.00207. The van der Waals surface area contributed by atoms with Gasteiger partial charge in [0, 0.05) is 37.9 Å². The Morgan fingerprint density at radius 3 is 2.68 bits per heavy atom. The first-order valence-corrected chi connectivity index (χ1v) is 11.7. The number of aryl methyl sites for hydroxylation is 1. The number of benzene rings is 2. The van der Waals surface area contributed by atoms with Crippen LogP contribution in [0.4, 0.5) is 0 Å². The first kappa shape index (κ1) is 22.1. The molecule has 4 amide bonds. The molecule has 0 aromatic heterocycles. The molecule has 3 aliphatic heterocycles. The van der Waals surface area contributed by atoms with Crippen LogP contribution in [0.5, 0.6) is 5.75 Å². The van der Waals surface area contributed by atoms with Gasteiger partial charge < -0.3 is 14.5 Å². The standard InChI is InChI=1S/C26H27N3O5/c30-23-10-9-22(25(32)27-23)29-15-18-8-6-17(14-21(18)26(29)33)7-11-24(31)28-13-12-20(16-28)34-19-4-2-1-3-5-19/h1-6,8,14,20,22H,7,9-13,15-16H2,(H,27,30,32). The van der Waals surface area contributed by atoms with Crippen LogP contribution in [0.3, 0.4) is 0 Å². The molecule has 176 valence electrons. The van der Waals surface area contributed by atoms with Crippen LogP contribution in [0.2, 0.25) is 0 Å². The van der Waals surface area contributed by atoms with E-state index in [4.69, 9.17) is 4.74 Å². The molecule has 8 nitrogen and oxygen atoms in total. The number of hydrogen-bond donors (Lipinski definition) is 1. The van der Waals surface area contributed by atoms with E-state index in [1.807, 2.05) is 53.4 Å². The smallest absolute Gasteiger partial charge is 0.255 e. The van der Waals surface area contributed by atoms with E-state index in [1.54, 1.807) is 4.90 Å². The number of carbonyl (C=O) groups excluding carboxylic acids is 4. The van der Waals surface area contributed by atoms with E-state index in [0.29, 0.717) is 44.5 Å². The molecule has 0 aliphatic carbocycles. The molecule has 0 spiro atoms. The van der Waals surface area contributed by atoms with Crippen molar-refractivity contribution in [3.63, 3.8) is 0 Å². The van der Waals surface area contributed by atoms with Gasteiger partial charge >= 0.3 is 0 Å². The average Bonchev–Trinajstić information content (AvgIpc) is 3.43. The number of hydrogen-bond acceptors (Lipinski definition) is 5. The summed E-state index contributed by atoms with van der Waals surface area (Å²) in [6.07, 6.45) is 2.29. The number of fused-ring (bicyclic) bond motifs is 1. The van der Waals surface area contributed by atoms with E-state index in [9.17, 15) is 19.2 Å². The molecule has 2 unspecified atom stereocenters. The average molecular weight is 462 g/mol. The molecule has 2 aromatic carbocycles. The molecular weight excluding hydrogens is 434 g/mol. The van der Waals surface area contributed by atoms with Crippen LogP contribution in [0.15, 0.2) is 48.5 Å². The van der Waals surface area contributed by atoms with Gasteiger partial charge in [-0.3, -0.25) is 24.5 Å². The van der Waals surface area contributed by atoms with Crippen molar-refractivity contribution < 1.29 is 23.9 Å². The topological polar surface area (TPSA) is 96.0 Å². The second kappa shape index (κ2) is 9.29. The predicted octanol–water partition coefficient (Wildman–Crippen LogP) is 2.06. The van der Waals surface area contributed by atoms with E-state index < -0.39 is 11.9 Å². The zero-order valence-electron chi connectivity index (χ0n) is 18.9. The van der Waals surface area contributed by atoms with Gasteiger partial charge in [0.25, 0.3) is 5.91 Å². The largest absolute Gasteiger partial charge is 0.489 e. The van der Waals surface area contributed by atoms with Gasteiger partial charge in [0.05, 0.1) is 6.54 Å². The molecule has 34 heavy (non-hydrogen) atoms. The molecule has 1 N–H and O–H groups in total. The van der Waals surface area contributed by atoms with Crippen LogP contribution in [-0.2, 0) is 27.3 Å². The number of amides is 4. The van der Waals surface area contributed by atoms with Crippen LogP contribution in [0.1, 0.15) is 47.2 Å². The fourth-order valence-corrected chi connectivity index (χ4v) is 4.91. The molecule has 5 rings (SSSR count). The van der Waals surface area contributed by atoms with E-state index in [1.165, 1.54) is 0 Å². The Balaban J connectivity index is 1.15. The van der Waals surface area contributed by atoms with Gasteiger partial charge in [-0.05, 0) is 42.2 Å². The van der Waals surface area contributed by atoms with Gasteiger partial charge in [0.15, 0.2) is 0 Å². The summed E-state index contributed by atoms with van der Waals surface area (Å²) in [6.45, 7) is 1.62. The highest BCUT2D eigenvalue weighted by atomic mass is 16.5. The Labute approximate surface area is 197 Å². The molecule has 0 bridgehead atoms. The summed E-state index contributed by atoms with van der Waals surface area (Å²) in [5.74, 6) is -0.0121. The number of nitrogens with zero attached hydrogens (tertiary/aromatic N) is 2. The Morgan fingerprint density at radius 1 is 1.06 bits per heavy atom. The number of rotatable bonds is 6. The molecule has 2 aromatic rings. The van der Waals surface area contributed by atoms with Crippen molar-refractivity contribution in [2.24, 2.45) is 0 Å². The number of piperidine rings is 1. The Bertz CT molecular complexity index is 1130. The monoisotopic (exact) mass is 461 g/mol. The predicted molar refractivity (Wildman–Crippen MR) is 123 cm³/mol. The molecule has 0 saturated carbocycles. The summed E-state index contributed by atoms with van der Waals surface area (Å²) in [4.78, 5) is 52.8. The minimum Gasteiger partial charge on any atom is -0.489 e. The molecular formula is C26H27N3O5. The number of imide groups is 1. The minimum atomic E-state index is -0.621. The third-order valence-electron chi connectivity index (χ3n) is 6.76. The lowest BCUT2D eigenvalue weighted by Crippen LogP contribution is -2.52. The van der Waals surface area contributed by atoms with Gasteiger partial charge in [-0.25, -0.2) is 0 Å². The van der Waals surface area contributed by atoms with Gasteiger partial charge in [-0.2, -0.15) is 0 Å². The first-order chi connectivity index (χ1) is 16.5. The number of ether oxygens (including phenoxy) is 1. The van der Waals surface area contributed by atoms with Crippen LogP contribution in [-0.4, -0.2) is 58.7 Å². The lowest BCUT2D eigenvalue weighted by Gasteiger charge is -2.29. The van der Waals surface area contributed by atoms with Crippen molar-refractivity contribution in [2.75, 3.05) is 13.1 Å². The van der Waals surface area contributed by atoms with Crippen molar-refractivity contribution in [1.82, 2.24) is 15.1 Å². The van der Waals surface area contributed by atoms with Crippen LogP contribution in [0.25, 0.3) is 0 Å². The molecule has 0 radical (unpaired) electrons. The Morgan fingerprint density at radius 2 is 1.88 bits per heavy atom. The van der Waals surface area contributed by atoms with Crippen molar-refractivity contribution in [3.05, 3.63) is 65.2 Å². The number of likely N-dealkylation sites (tertiary alicyclic amines) is 1. The van der Waals surface area contributed by atoms with Crippen molar-refractivity contribution in [1.29, 1.82) is 0 Å². The van der Waals surface area contributed by atoms with E-state index in [2.05, 4.69) is 5.32 Å². The van der Waals surface area contributed by atoms with Gasteiger partial charge in [0.2, 0.25) is 17.7 Å². The van der Waals surface area contributed by atoms with Crippen LogP contribution in [0, 0.1) is 0 Å². The highest BCUT2D eigenvalue weighted by Crippen LogP contribution is 2.28. The van der Waals surface area contributed by atoms with Crippen molar-refractivity contribution >= 4 is 23.6 Å². The molecule has 8 heteroatoms. The number of para-hydroxylation sites is 1. The second-order valence-electron chi connectivity index (χ2n) is 9.07. The number of carbonyl (C=O) groups is 4. The quantitative estimate of drug-likeness (QED) is 0.665. The van der Waals surface area contributed by atoms with Crippen LogP contribution < -0.4 is 10.1 Å². The summed E-state index contributed by atoms with van der Waals surface area (Å²) in [5.41, 5.74) is 2.36. The van der Waals surface area contributed by atoms with E-state index in [-0.39, 0.29) is 30.2 Å². The lowest BCUT2D eigenvalue weighted by atomic mass is 10.0. The summed E-state index contributed by atoms with van der Waals surface area (Å²) >= 11 is 0. The van der Waals surface area contributed by atoms with Crippen LogP contribution >= 0.6 is 0 Å². The Kier molecular flexibility index (Phi) is 6.04. The summed E-state index contributed by atoms with van der Waals surface area (Å²) in [5, 5.41) is 2.32. The summed E-state index contributed by atoms with van der Waals surface area (Å²) in [7, 11) is 0. The summed E-state index contributed by atoms with van der Waals surface area (Å²) < 4.78 is 5.97. The second-order valence-corrected chi connectivity index (χ2v) is 9.07. The molecule has 3 heterocycles. The highest BCUT2D eigenvalue weighted by Gasteiger charge is 2.39. The van der Waals surface area contributed by atoms with E-state index >= 15 is 0 Å². The highest BCUT2D eigenvalue weighted by molar-refractivity contribution is 6.05. The lowest BCUT2D eigenvalue weighted by molar-refractivity contribution is -0.137. The maximum atomic E-state index is 13.0. The molecule has 2 fully saturated rings. The third kappa shape index (κ3) is 4.53. The van der Waals surface area contributed by atoms with Crippen molar-refractivity contribution in [2.45, 2.75) is 50.8 Å². The normalized spacial score (nSPS) is 22.1. The van der Waals surface area contributed by atoms with Crippen molar-refractivity contribution in [3.8, 4) is 5.75 Å². The van der Waals surface area contributed by atoms with Gasteiger partial charge in [0.1, 0.15) is 17.9 Å². The maximum Gasteiger partial charge on any atom is 0.255 e. The third-order valence-corrected chi connectivity index (χ3v) is 6.76.